The minimum atomic E-state index is -3.38. The number of ether oxygens (including phenoxy) is 1. The van der Waals surface area contributed by atoms with E-state index in [-0.39, 0.29) is 11.2 Å². The molecule has 2 aromatic rings. The Hall–Kier alpha value is -0.703. The molecule has 1 heterocycles. The summed E-state index contributed by atoms with van der Waals surface area (Å²) in [6, 6.07) is 4.44. The molecule has 5 nitrogen and oxygen atoms in total. The van der Waals surface area contributed by atoms with Gasteiger partial charge in [0.25, 0.3) is 0 Å². The first kappa shape index (κ1) is 21.6. The van der Waals surface area contributed by atoms with Crippen molar-refractivity contribution in [3.05, 3.63) is 22.9 Å². The number of sulfone groups is 1. The largest absolute Gasteiger partial charge is 0.361 e. The van der Waals surface area contributed by atoms with E-state index < -0.39 is 17.9 Å². The van der Waals surface area contributed by atoms with Crippen LogP contribution >= 0.6 is 15.9 Å². The van der Waals surface area contributed by atoms with E-state index >= 15 is 0 Å². The molecule has 0 spiro atoms. The standard InChI is InChI=1S/C18H29BrN2O3SSi/c1-18(2,3)11-25(22,23)14-9-15(19)17-16(10-14)21(12-20-17)13-24-7-8-26(4,5)6/h9-10,12H,7-8,11,13H2,1-6H3. The van der Waals surface area contributed by atoms with E-state index in [1.54, 1.807) is 18.5 Å². The second-order valence-electron chi connectivity index (χ2n) is 9.15. The molecule has 0 atom stereocenters. The molecule has 8 heteroatoms. The van der Waals surface area contributed by atoms with Crippen molar-refractivity contribution >= 4 is 44.9 Å². The van der Waals surface area contributed by atoms with Crippen molar-refractivity contribution in [1.82, 2.24) is 9.55 Å². The van der Waals surface area contributed by atoms with Crippen LogP contribution in [0, 0.1) is 5.41 Å². The van der Waals surface area contributed by atoms with Crippen molar-refractivity contribution in [2.75, 3.05) is 12.4 Å². The molecule has 1 aromatic carbocycles. The van der Waals surface area contributed by atoms with Crippen LogP contribution in [-0.4, -0.2) is 38.4 Å². The van der Waals surface area contributed by atoms with Gasteiger partial charge in [-0.25, -0.2) is 13.4 Å². The highest BCUT2D eigenvalue weighted by molar-refractivity contribution is 9.10. The lowest BCUT2D eigenvalue weighted by Crippen LogP contribution is -2.22. The number of halogens is 1. The molecule has 0 amide bonds. The molecule has 146 valence electrons. The number of rotatable bonds is 7. The summed E-state index contributed by atoms with van der Waals surface area (Å²) in [7, 11) is -4.51. The van der Waals surface area contributed by atoms with Crippen LogP contribution in [0.15, 0.2) is 27.8 Å². The van der Waals surface area contributed by atoms with Crippen LogP contribution in [0.25, 0.3) is 11.0 Å². The van der Waals surface area contributed by atoms with Crippen molar-refractivity contribution in [3.8, 4) is 0 Å². The molecule has 0 aliphatic rings. The maximum absolute atomic E-state index is 12.8. The summed E-state index contributed by atoms with van der Waals surface area (Å²) in [5.41, 5.74) is 1.20. The van der Waals surface area contributed by atoms with Crippen LogP contribution in [0.2, 0.25) is 25.7 Å². The normalized spacial score (nSPS) is 13.5. The first-order chi connectivity index (χ1) is 11.8. The van der Waals surface area contributed by atoms with Gasteiger partial charge < -0.3 is 9.30 Å². The predicted octanol–water partition coefficient (Wildman–Crippen LogP) is 4.93. The first-order valence-corrected chi connectivity index (χ1v) is 14.9. The second-order valence-corrected chi connectivity index (χ2v) is 17.6. The number of nitrogens with zero attached hydrogens (tertiary/aromatic N) is 2. The van der Waals surface area contributed by atoms with E-state index in [1.165, 1.54) is 0 Å². The molecule has 1 aromatic heterocycles. The van der Waals surface area contributed by atoms with Crippen LogP contribution in [0.5, 0.6) is 0 Å². The number of hydrogen-bond donors (Lipinski definition) is 0. The molecule has 0 bridgehead atoms. The summed E-state index contributed by atoms with van der Waals surface area (Å²) in [6.07, 6.45) is 1.70. The average molecular weight is 461 g/mol. The summed E-state index contributed by atoms with van der Waals surface area (Å²) in [5, 5.41) is 0. The molecule has 0 saturated carbocycles. The van der Waals surface area contributed by atoms with Crippen molar-refractivity contribution in [2.45, 2.75) is 58.1 Å². The van der Waals surface area contributed by atoms with Gasteiger partial charge in [0.1, 0.15) is 12.2 Å². The van der Waals surface area contributed by atoms with Crippen molar-refractivity contribution < 1.29 is 13.2 Å². The van der Waals surface area contributed by atoms with Gasteiger partial charge in [-0.2, -0.15) is 0 Å². The van der Waals surface area contributed by atoms with Crippen LogP contribution < -0.4 is 0 Å². The molecule has 0 aliphatic carbocycles. The third-order valence-electron chi connectivity index (χ3n) is 3.86. The lowest BCUT2D eigenvalue weighted by atomic mass is 10.0. The highest BCUT2D eigenvalue weighted by Gasteiger charge is 2.25. The number of hydrogen-bond acceptors (Lipinski definition) is 4. The number of fused-ring (bicyclic) bond motifs is 1. The Morgan fingerprint density at radius 3 is 2.46 bits per heavy atom. The molecule has 2 rings (SSSR count). The average Bonchev–Trinajstić information content (AvgIpc) is 2.84. The van der Waals surface area contributed by atoms with Gasteiger partial charge in [-0.05, 0) is 39.5 Å². The number of benzene rings is 1. The monoisotopic (exact) mass is 460 g/mol. The molecule has 0 radical (unpaired) electrons. The van der Waals surface area contributed by atoms with E-state index in [2.05, 4.69) is 40.6 Å². The smallest absolute Gasteiger partial charge is 0.179 e. The maximum Gasteiger partial charge on any atom is 0.179 e. The van der Waals surface area contributed by atoms with Gasteiger partial charge >= 0.3 is 0 Å². The lowest BCUT2D eigenvalue weighted by Gasteiger charge is -2.18. The Bertz CT molecular complexity index is 880. The molecular formula is C18H29BrN2O3SSi. The molecule has 0 unspecified atom stereocenters. The third kappa shape index (κ3) is 5.90. The minimum absolute atomic E-state index is 0.0960. The van der Waals surface area contributed by atoms with E-state index in [0.717, 1.165) is 17.1 Å². The van der Waals surface area contributed by atoms with Gasteiger partial charge in [0.2, 0.25) is 0 Å². The lowest BCUT2D eigenvalue weighted by molar-refractivity contribution is 0.0898. The number of imidazole rings is 1. The highest BCUT2D eigenvalue weighted by atomic mass is 79.9. The van der Waals surface area contributed by atoms with E-state index in [0.29, 0.717) is 22.7 Å². The molecule has 0 N–H and O–H groups in total. The van der Waals surface area contributed by atoms with Crippen LogP contribution in [-0.2, 0) is 21.3 Å². The predicted molar refractivity (Wildman–Crippen MR) is 113 cm³/mol. The zero-order chi connectivity index (χ0) is 19.8. The molecule has 0 saturated heterocycles. The zero-order valence-corrected chi connectivity index (χ0v) is 19.9. The van der Waals surface area contributed by atoms with Crippen LogP contribution in [0.3, 0.4) is 0 Å². The highest BCUT2D eigenvalue weighted by Crippen LogP contribution is 2.30. The van der Waals surface area contributed by atoms with Gasteiger partial charge in [-0.1, -0.05) is 40.4 Å². The summed E-state index contributed by atoms with van der Waals surface area (Å²) in [5.74, 6) is 0.0960. The van der Waals surface area contributed by atoms with Gasteiger partial charge in [-0.3, -0.25) is 0 Å². The number of aromatic nitrogens is 2. The van der Waals surface area contributed by atoms with Crippen molar-refractivity contribution in [2.24, 2.45) is 5.41 Å². The molecule has 0 fully saturated rings. The fraction of sp³-hybridized carbons (Fsp3) is 0.611. The Morgan fingerprint density at radius 2 is 1.88 bits per heavy atom. The molecule has 0 aliphatic heterocycles. The minimum Gasteiger partial charge on any atom is -0.361 e. The maximum atomic E-state index is 12.8. The zero-order valence-electron chi connectivity index (χ0n) is 16.5. The Kier molecular flexibility index (Phi) is 6.42. The summed E-state index contributed by atoms with van der Waals surface area (Å²) in [4.78, 5) is 4.71. The summed E-state index contributed by atoms with van der Waals surface area (Å²) >= 11 is 3.47. The fourth-order valence-electron chi connectivity index (χ4n) is 2.57. The molecule has 26 heavy (non-hydrogen) atoms. The first-order valence-electron chi connectivity index (χ1n) is 8.73. The summed E-state index contributed by atoms with van der Waals surface area (Å²) < 4.78 is 33.9. The Labute approximate surface area is 166 Å². The van der Waals surface area contributed by atoms with E-state index in [1.807, 2.05) is 25.3 Å². The van der Waals surface area contributed by atoms with E-state index in [9.17, 15) is 8.42 Å². The summed E-state index contributed by atoms with van der Waals surface area (Å²) in [6.45, 7) is 13.8. The van der Waals surface area contributed by atoms with Gasteiger partial charge in [0.05, 0.1) is 22.5 Å². The van der Waals surface area contributed by atoms with Crippen molar-refractivity contribution in [1.29, 1.82) is 0 Å². The SMILES string of the molecule is CC(C)(C)CS(=O)(=O)c1cc(Br)c2ncn(COCC[Si](C)(C)C)c2c1. The topological polar surface area (TPSA) is 61.2 Å². The van der Waals surface area contributed by atoms with Gasteiger partial charge in [0, 0.05) is 19.2 Å². The quantitative estimate of drug-likeness (QED) is 0.433. The Morgan fingerprint density at radius 1 is 1.23 bits per heavy atom. The second kappa shape index (κ2) is 7.73. The van der Waals surface area contributed by atoms with Crippen LogP contribution in [0.1, 0.15) is 20.8 Å². The van der Waals surface area contributed by atoms with E-state index in [4.69, 9.17) is 4.74 Å². The van der Waals surface area contributed by atoms with Gasteiger partial charge in [0.15, 0.2) is 9.84 Å². The molecular weight excluding hydrogens is 432 g/mol. The third-order valence-corrected chi connectivity index (χ3v) is 8.37. The van der Waals surface area contributed by atoms with Gasteiger partial charge in [-0.15, -0.1) is 0 Å². The Balaban J connectivity index is 2.28. The fourth-order valence-corrected chi connectivity index (χ4v) is 5.93. The van der Waals surface area contributed by atoms with Crippen molar-refractivity contribution in [3.63, 3.8) is 0 Å². The van der Waals surface area contributed by atoms with Crippen LogP contribution in [0.4, 0.5) is 0 Å².